The molecule has 0 aliphatic rings. The molecule has 0 spiro atoms. The van der Waals surface area contributed by atoms with E-state index < -0.39 is 27.4 Å². The summed E-state index contributed by atoms with van der Waals surface area (Å²) in [6.45, 7) is 6.62. The van der Waals surface area contributed by atoms with Crippen molar-refractivity contribution in [1.29, 1.82) is 0 Å². The Hall–Kier alpha value is -3.25. The zero-order valence-corrected chi connectivity index (χ0v) is 27.3. The Bertz CT molecular complexity index is 1370. The Morgan fingerprint density at radius 2 is 1.40 bits per heavy atom. The van der Waals surface area contributed by atoms with Gasteiger partial charge in [0.15, 0.2) is 5.69 Å². The zero-order chi connectivity index (χ0) is 32.0. The van der Waals surface area contributed by atoms with Crippen LogP contribution in [0.2, 0.25) is 0 Å². The summed E-state index contributed by atoms with van der Waals surface area (Å²) in [5.41, 5.74) is -1.18. The van der Waals surface area contributed by atoms with Crippen molar-refractivity contribution in [3.63, 3.8) is 0 Å². The lowest BCUT2D eigenvalue weighted by atomic mass is 10.1. The van der Waals surface area contributed by atoms with Crippen LogP contribution in [0.5, 0.6) is 5.88 Å². The highest BCUT2D eigenvalue weighted by atomic mass is 32.2. The molecule has 11 nitrogen and oxygen atoms in total. The minimum atomic E-state index is -3.93. The average molecular weight is 619 g/mol. The summed E-state index contributed by atoms with van der Waals surface area (Å²) in [6.07, 6.45) is 12.6. The third-order valence-corrected chi connectivity index (χ3v) is 9.43. The van der Waals surface area contributed by atoms with Gasteiger partial charge in [-0.25, -0.2) is 8.42 Å². The lowest BCUT2D eigenvalue weighted by Gasteiger charge is -2.23. The van der Waals surface area contributed by atoms with Crippen LogP contribution in [0.3, 0.4) is 0 Å². The first-order valence-electron chi connectivity index (χ1n) is 15.4. The molecule has 1 heterocycles. The summed E-state index contributed by atoms with van der Waals surface area (Å²) in [5, 5.41) is 18.6. The lowest BCUT2D eigenvalue weighted by molar-refractivity contribution is 0.0822. The van der Waals surface area contributed by atoms with Crippen LogP contribution in [0, 0.1) is 6.92 Å². The summed E-state index contributed by atoms with van der Waals surface area (Å²) < 4.78 is 30.0. The number of benzene rings is 1. The molecule has 12 heteroatoms. The molecule has 0 radical (unpaired) electrons. The first-order chi connectivity index (χ1) is 20.5. The summed E-state index contributed by atoms with van der Waals surface area (Å²) in [7, 11) is -0.933. The molecular weight excluding hydrogens is 568 g/mol. The SMILES string of the molecule is CCCCCCCCN(CCCCCCCC)S(=O)(=O)c1ccccc1N=Nc1c(C)c(C(=O)N(C)C)c(O)n(N)c1=O. The summed E-state index contributed by atoms with van der Waals surface area (Å²) >= 11 is 0. The number of nitrogens with two attached hydrogens (primary N) is 1. The molecule has 0 saturated carbocycles. The molecule has 0 unspecified atom stereocenters. The number of unbranched alkanes of at least 4 members (excludes halogenated alkanes) is 10. The summed E-state index contributed by atoms with van der Waals surface area (Å²) in [5.74, 6) is 4.48. The number of hydrogen-bond acceptors (Lipinski definition) is 8. The van der Waals surface area contributed by atoms with E-state index in [1.807, 2.05) is 0 Å². The van der Waals surface area contributed by atoms with E-state index >= 15 is 0 Å². The van der Waals surface area contributed by atoms with Gasteiger partial charge in [-0.3, -0.25) is 9.59 Å². The van der Waals surface area contributed by atoms with Crippen molar-refractivity contribution in [2.24, 2.45) is 10.2 Å². The van der Waals surface area contributed by atoms with E-state index in [0.717, 1.165) is 64.2 Å². The Morgan fingerprint density at radius 3 is 1.93 bits per heavy atom. The fraction of sp³-hybridized carbons (Fsp3) is 0.613. The minimum absolute atomic E-state index is 0.00943. The molecule has 3 N–H and O–H groups in total. The molecular formula is C31H50N6O5S. The average Bonchev–Trinajstić information content (AvgIpc) is 2.98. The standard InChI is InChI=1S/C31H50N6O5S/c1-6-8-10-12-14-18-22-36(23-19-15-13-11-9-7-2)43(41,42)26-21-17-16-20-25(26)33-34-28-24(3)27(29(38)35(4)5)30(39)37(32)31(28)40/h16-17,20-21,39H,6-15,18-19,22-23,32H2,1-5H3. The van der Waals surface area contributed by atoms with Crippen molar-refractivity contribution in [2.45, 2.75) is 103 Å². The van der Waals surface area contributed by atoms with Gasteiger partial charge in [0.05, 0.1) is 0 Å². The van der Waals surface area contributed by atoms with Gasteiger partial charge in [-0.2, -0.15) is 8.98 Å². The summed E-state index contributed by atoms with van der Waals surface area (Å²) in [4.78, 5) is 26.8. The van der Waals surface area contributed by atoms with Crippen LogP contribution in [-0.2, 0) is 10.0 Å². The molecule has 43 heavy (non-hydrogen) atoms. The highest BCUT2D eigenvalue weighted by molar-refractivity contribution is 7.89. The van der Waals surface area contributed by atoms with Crippen LogP contribution in [0.25, 0.3) is 0 Å². The number of nitrogen functional groups attached to an aromatic ring is 1. The third-order valence-electron chi connectivity index (χ3n) is 7.49. The van der Waals surface area contributed by atoms with E-state index in [1.165, 1.54) is 50.9 Å². The smallest absolute Gasteiger partial charge is 0.299 e. The number of hydrogen-bond donors (Lipinski definition) is 2. The number of carbonyl (C=O) groups is 1. The van der Waals surface area contributed by atoms with Crippen molar-refractivity contribution in [3.8, 4) is 5.88 Å². The molecule has 0 aliphatic carbocycles. The fourth-order valence-corrected chi connectivity index (χ4v) is 6.51. The Labute approximate surface area is 256 Å². The molecule has 0 fully saturated rings. The number of rotatable bonds is 19. The fourth-order valence-electron chi connectivity index (χ4n) is 4.86. The maximum absolute atomic E-state index is 14.0. The Morgan fingerprint density at radius 1 is 0.884 bits per heavy atom. The maximum atomic E-state index is 14.0. The van der Waals surface area contributed by atoms with E-state index in [-0.39, 0.29) is 27.4 Å². The van der Waals surface area contributed by atoms with Gasteiger partial charge in [0.25, 0.3) is 11.5 Å². The van der Waals surface area contributed by atoms with Crippen molar-refractivity contribution in [1.82, 2.24) is 13.9 Å². The van der Waals surface area contributed by atoms with Crippen LogP contribution in [-0.4, -0.2) is 60.5 Å². The molecule has 1 aromatic heterocycles. The zero-order valence-electron chi connectivity index (χ0n) is 26.5. The number of azo groups is 1. The predicted molar refractivity (Wildman–Crippen MR) is 171 cm³/mol. The lowest BCUT2D eigenvalue weighted by Crippen LogP contribution is -2.33. The van der Waals surface area contributed by atoms with Crippen molar-refractivity contribution in [2.75, 3.05) is 33.0 Å². The van der Waals surface area contributed by atoms with Gasteiger partial charge in [0.2, 0.25) is 15.9 Å². The number of aromatic nitrogens is 1. The van der Waals surface area contributed by atoms with Gasteiger partial charge in [0, 0.05) is 32.7 Å². The van der Waals surface area contributed by atoms with Gasteiger partial charge in [-0.1, -0.05) is 90.2 Å². The second kappa shape index (κ2) is 17.8. The number of amides is 1. The van der Waals surface area contributed by atoms with Crippen molar-refractivity contribution in [3.05, 3.63) is 45.7 Å². The van der Waals surface area contributed by atoms with Crippen LogP contribution in [0.1, 0.15) is 107 Å². The van der Waals surface area contributed by atoms with Gasteiger partial charge >= 0.3 is 0 Å². The van der Waals surface area contributed by atoms with Gasteiger partial charge < -0.3 is 15.8 Å². The first-order valence-corrected chi connectivity index (χ1v) is 16.9. The highest BCUT2D eigenvalue weighted by Gasteiger charge is 2.28. The number of nitrogens with zero attached hydrogens (tertiary/aromatic N) is 5. The van der Waals surface area contributed by atoms with Crippen molar-refractivity contribution < 1.29 is 18.3 Å². The number of carbonyl (C=O) groups excluding carboxylic acids is 1. The first kappa shape index (κ1) is 35.9. The van der Waals surface area contributed by atoms with E-state index in [2.05, 4.69) is 24.1 Å². The van der Waals surface area contributed by atoms with Gasteiger partial charge in [-0.05, 0) is 31.9 Å². The van der Waals surface area contributed by atoms with E-state index in [9.17, 15) is 23.1 Å². The minimum Gasteiger partial charge on any atom is -0.493 e. The van der Waals surface area contributed by atoms with E-state index in [0.29, 0.717) is 17.8 Å². The molecule has 2 rings (SSSR count). The molecule has 0 bridgehead atoms. The monoisotopic (exact) mass is 618 g/mol. The third kappa shape index (κ3) is 9.89. The predicted octanol–water partition coefficient (Wildman–Crippen LogP) is 6.41. The van der Waals surface area contributed by atoms with Crippen molar-refractivity contribution >= 4 is 27.3 Å². The maximum Gasteiger partial charge on any atom is 0.299 e. The second-order valence-corrected chi connectivity index (χ2v) is 13.1. The van der Waals surface area contributed by atoms with E-state index in [4.69, 9.17) is 5.84 Å². The van der Waals surface area contributed by atoms with Crippen LogP contribution >= 0.6 is 0 Å². The molecule has 0 aliphatic heterocycles. The number of aromatic hydroxyl groups is 1. The highest BCUT2D eigenvalue weighted by Crippen LogP contribution is 2.31. The Kier molecular flexibility index (Phi) is 14.9. The molecule has 0 saturated heterocycles. The molecule has 1 aromatic carbocycles. The quantitative estimate of drug-likeness (QED) is 0.106. The molecule has 240 valence electrons. The molecule has 1 amide bonds. The van der Waals surface area contributed by atoms with Crippen LogP contribution < -0.4 is 11.4 Å². The largest absolute Gasteiger partial charge is 0.493 e. The second-order valence-electron chi connectivity index (χ2n) is 11.2. The van der Waals surface area contributed by atoms with Gasteiger partial charge in [0.1, 0.15) is 16.1 Å². The Balaban J connectivity index is 2.42. The summed E-state index contributed by atoms with van der Waals surface area (Å²) in [6, 6.07) is 6.29. The van der Waals surface area contributed by atoms with Crippen LogP contribution in [0.4, 0.5) is 11.4 Å². The normalized spacial score (nSPS) is 12.0. The molecule has 2 aromatic rings. The number of sulfonamides is 1. The van der Waals surface area contributed by atoms with Crippen LogP contribution in [0.15, 0.2) is 44.2 Å². The molecule has 0 atom stereocenters. The van der Waals surface area contributed by atoms with E-state index in [1.54, 1.807) is 16.4 Å². The number of pyridine rings is 1. The topological polar surface area (TPSA) is 151 Å². The van der Waals surface area contributed by atoms with Gasteiger partial charge in [-0.15, -0.1) is 10.2 Å².